The maximum atomic E-state index is 13.0. The summed E-state index contributed by atoms with van der Waals surface area (Å²) < 4.78 is 2.00. The van der Waals surface area contributed by atoms with Crippen LogP contribution in [0, 0.1) is 12.8 Å². The van der Waals surface area contributed by atoms with Crippen LogP contribution in [0.3, 0.4) is 0 Å². The first-order valence-corrected chi connectivity index (χ1v) is 9.12. The molecule has 1 aromatic heterocycles. The standard InChI is InChI=1S/C21H24N4O/c1-15-23-19-9-5-6-10-20(19)25(15)14-21(26)24-12-17(11-22)18(13-24)16-7-3-2-4-8-16/h2-10,17-18H,11-14,22H2,1H3/t17-,18+/m1/s1. The molecule has 1 aliphatic rings. The average molecular weight is 348 g/mol. The molecule has 1 amide bonds. The molecule has 4 rings (SSSR count). The molecule has 0 aliphatic carbocycles. The van der Waals surface area contributed by atoms with Crippen molar-refractivity contribution < 1.29 is 4.79 Å². The fourth-order valence-electron chi connectivity index (χ4n) is 4.02. The summed E-state index contributed by atoms with van der Waals surface area (Å²) >= 11 is 0. The summed E-state index contributed by atoms with van der Waals surface area (Å²) in [5.41, 5.74) is 9.21. The molecule has 2 atom stereocenters. The lowest BCUT2D eigenvalue weighted by Gasteiger charge is -2.18. The van der Waals surface area contributed by atoms with Gasteiger partial charge in [-0.3, -0.25) is 4.79 Å². The summed E-state index contributed by atoms with van der Waals surface area (Å²) in [4.78, 5) is 19.5. The van der Waals surface area contributed by atoms with Gasteiger partial charge in [0.05, 0.1) is 11.0 Å². The molecule has 5 nitrogen and oxygen atoms in total. The van der Waals surface area contributed by atoms with Crippen molar-refractivity contribution >= 4 is 16.9 Å². The number of hydrogen-bond acceptors (Lipinski definition) is 3. The van der Waals surface area contributed by atoms with Crippen molar-refractivity contribution in [2.75, 3.05) is 19.6 Å². The first-order valence-electron chi connectivity index (χ1n) is 9.12. The zero-order valence-corrected chi connectivity index (χ0v) is 15.0. The SMILES string of the molecule is Cc1nc2ccccc2n1CC(=O)N1C[C@@H](CN)[C@H](c2ccccc2)C1. The molecule has 1 fully saturated rings. The number of nitrogens with two attached hydrogens (primary N) is 1. The van der Waals surface area contributed by atoms with Crippen LogP contribution in [-0.4, -0.2) is 40.0 Å². The zero-order valence-electron chi connectivity index (χ0n) is 15.0. The molecule has 1 aliphatic heterocycles. The fourth-order valence-corrected chi connectivity index (χ4v) is 4.02. The smallest absolute Gasteiger partial charge is 0.242 e. The van der Waals surface area contributed by atoms with Gasteiger partial charge in [0.2, 0.25) is 5.91 Å². The van der Waals surface area contributed by atoms with Gasteiger partial charge < -0.3 is 15.2 Å². The Morgan fingerprint density at radius 3 is 2.62 bits per heavy atom. The number of carbonyl (C=O) groups is 1. The van der Waals surface area contributed by atoms with E-state index in [1.54, 1.807) is 0 Å². The summed E-state index contributed by atoms with van der Waals surface area (Å²) in [5.74, 6) is 1.62. The number of benzene rings is 2. The number of rotatable bonds is 4. The van der Waals surface area contributed by atoms with E-state index in [4.69, 9.17) is 5.73 Å². The lowest BCUT2D eigenvalue weighted by molar-refractivity contribution is -0.130. The van der Waals surface area contributed by atoms with Gasteiger partial charge in [-0.05, 0) is 37.1 Å². The van der Waals surface area contributed by atoms with Crippen LogP contribution < -0.4 is 5.73 Å². The topological polar surface area (TPSA) is 64.2 Å². The number of amides is 1. The van der Waals surface area contributed by atoms with Crippen molar-refractivity contribution in [3.05, 3.63) is 66.0 Å². The molecule has 2 N–H and O–H groups in total. The zero-order chi connectivity index (χ0) is 18.1. The van der Waals surface area contributed by atoms with E-state index < -0.39 is 0 Å². The van der Waals surface area contributed by atoms with E-state index in [0.717, 1.165) is 29.9 Å². The quantitative estimate of drug-likeness (QED) is 0.788. The third-order valence-corrected chi connectivity index (χ3v) is 5.46. The highest BCUT2D eigenvalue weighted by molar-refractivity contribution is 5.81. The summed E-state index contributed by atoms with van der Waals surface area (Å²) in [7, 11) is 0. The molecule has 3 aromatic rings. The Bertz CT molecular complexity index is 918. The van der Waals surface area contributed by atoms with E-state index in [0.29, 0.717) is 24.9 Å². The number of aromatic nitrogens is 2. The molecule has 0 radical (unpaired) electrons. The highest BCUT2D eigenvalue weighted by Crippen LogP contribution is 2.32. The maximum Gasteiger partial charge on any atom is 0.242 e. The van der Waals surface area contributed by atoms with Gasteiger partial charge in [-0.2, -0.15) is 0 Å². The van der Waals surface area contributed by atoms with E-state index in [2.05, 4.69) is 17.1 Å². The van der Waals surface area contributed by atoms with E-state index in [-0.39, 0.29) is 5.91 Å². The second-order valence-electron chi connectivity index (χ2n) is 7.05. The van der Waals surface area contributed by atoms with Crippen LogP contribution in [0.4, 0.5) is 0 Å². The lowest BCUT2D eigenvalue weighted by Crippen LogP contribution is -2.33. The van der Waals surface area contributed by atoms with Gasteiger partial charge >= 0.3 is 0 Å². The number of carbonyl (C=O) groups excluding carboxylic acids is 1. The Labute approximate surface area is 153 Å². The lowest BCUT2D eigenvalue weighted by atomic mass is 9.89. The van der Waals surface area contributed by atoms with Gasteiger partial charge in [0.1, 0.15) is 12.4 Å². The van der Waals surface area contributed by atoms with Crippen LogP contribution in [0.15, 0.2) is 54.6 Å². The van der Waals surface area contributed by atoms with Crippen LogP contribution in [0.5, 0.6) is 0 Å². The number of hydrogen-bond donors (Lipinski definition) is 1. The van der Waals surface area contributed by atoms with Crippen molar-refractivity contribution in [1.29, 1.82) is 0 Å². The van der Waals surface area contributed by atoms with Gasteiger partial charge in [-0.1, -0.05) is 42.5 Å². The van der Waals surface area contributed by atoms with Crippen LogP contribution >= 0.6 is 0 Å². The molecule has 26 heavy (non-hydrogen) atoms. The van der Waals surface area contributed by atoms with E-state index in [1.165, 1.54) is 5.56 Å². The minimum absolute atomic E-state index is 0.133. The molecular formula is C21H24N4O. The Kier molecular flexibility index (Phi) is 4.47. The normalized spacial score (nSPS) is 20.0. The number of nitrogens with zero attached hydrogens (tertiary/aromatic N) is 3. The third kappa shape index (κ3) is 2.99. The molecule has 0 unspecified atom stereocenters. The number of para-hydroxylation sites is 2. The molecule has 0 saturated carbocycles. The summed E-state index contributed by atoms with van der Waals surface area (Å²) in [5, 5.41) is 0. The van der Waals surface area contributed by atoms with Gasteiger partial charge in [-0.15, -0.1) is 0 Å². The molecule has 0 bridgehead atoms. The minimum Gasteiger partial charge on any atom is -0.340 e. The van der Waals surface area contributed by atoms with Crippen LogP contribution in [-0.2, 0) is 11.3 Å². The maximum absolute atomic E-state index is 13.0. The highest BCUT2D eigenvalue weighted by Gasteiger charge is 2.35. The molecule has 0 spiro atoms. The Balaban J connectivity index is 1.54. The molecular weight excluding hydrogens is 324 g/mol. The minimum atomic E-state index is 0.133. The van der Waals surface area contributed by atoms with Gasteiger partial charge in [0.25, 0.3) is 0 Å². The average Bonchev–Trinajstić information content (AvgIpc) is 3.24. The van der Waals surface area contributed by atoms with E-state index >= 15 is 0 Å². The number of aryl methyl sites for hydroxylation is 1. The second kappa shape index (κ2) is 6.92. The van der Waals surface area contributed by atoms with Crippen molar-refractivity contribution in [3.8, 4) is 0 Å². The van der Waals surface area contributed by atoms with Crippen LogP contribution in [0.2, 0.25) is 0 Å². The van der Waals surface area contributed by atoms with Crippen LogP contribution in [0.1, 0.15) is 17.3 Å². The van der Waals surface area contributed by atoms with Crippen molar-refractivity contribution in [2.45, 2.75) is 19.4 Å². The Morgan fingerprint density at radius 2 is 1.85 bits per heavy atom. The van der Waals surface area contributed by atoms with Gasteiger partial charge in [-0.25, -0.2) is 4.98 Å². The van der Waals surface area contributed by atoms with Crippen molar-refractivity contribution in [3.63, 3.8) is 0 Å². The molecule has 2 heterocycles. The van der Waals surface area contributed by atoms with Crippen molar-refractivity contribution in [1.82, 2.24) is 14.5 Å². The Hall–Kier alpha value is -2.66. The molecule has 1 saturated heterocycles. The largest absolute Gasteiger partial charge is 0.340 e. The number of fused-ring (bicyclic) bond motifs is 1. The molecule has 5 heteroatoms. The summed E-state index contributed by atoms with van der Waals surface area (Å²) in [6, 6.07) is 18.3. The van der Waals surface area contributed by atoms with E-state index in [9.17, 15) is 4.79 Å². The monoisotopic (exact) mass is 348 g/mol. The molecule has 2 aromatic carbocycles. The van der Waals surface area contributed by atoms with Gasteiger partial charge in [0.15, 0.2) is 0 Å². The predicted octanol–water partition coefficient (Wildman–Crippen LogP) is 2.55. The van der Waals surface area contributed by atoms with Crippen molar-refractivity contribution in [2.24, 2.45) is 11.7 Å². The van der Waals surface area contributed by atoms with Crippen LogP contribution in [0.25, 0.3) is 11.0 Å². The first kappa shape index (κ1) is 16.8. The van der Waals surface area contributed by atoms with Gasteiger partial charge in [0, 0.05) is 19.0 Å². The summed E-state index contributed by atoms with van der Waals surface area (Å²) in [6.45, 7) is 4.32. The fraction of sp³-hybridized carbons (Fsp3) is 0.333. The van der Waals surface area contributed by atoms with E-state index in [1.807, 2.05) is 58.9 Å². The second-order valence-corrected chi connectivity index (χ2v) is 7.05. The highest BCUT2D eigenvalue weighted by atomic mass is 16.2. The predicted molar refractivity (Wildman–Crippen MR) is 103 cm³/mol. The number of likely N-dealkylation sites (tertiary alicyclic amines) is 1. The third-order valence-electron chi connectivity index (χ3n) is 5.46. The molecule has 134 valence electrons. The number of imidazole rings is 1. The Morgan fingerprint density at radius 1 is 1.12 bits per heavy atom. The summed E-state index contributed by atoms with van der Waals surface area (Å²) in [6.07, 6.45) is 0. The first-order chi connectivity index (χ1) is 12.7.